The molecule has 2 aliphatic rings. The minimum Gasteiger partial charge on any atom is -0.464 e. The van der Waals surface area contributed by atoms with E-state index in [-0.39, 0.29) is 30.2 Å². The molecule has 0 aromatic carbocycles. The Balaban J connectivity index is 1.85. The molecular formula is C19H26N2O4. The first-order chi connectivity index (χ1) is 11.9. The molecule has 2 aliphatic carbocycles. The molecule has 1 amide bonds. The topological polar surface area (TPSA) is 68.6 Å². The average Bonchev–Trinajstić information content (AvgIpc) is 3.32. The highest BCUT2D eigenvalue weighted by molar-refractivity contribution is 6.04. The van der Waals surface area contributed by atoms with Crippen LogP contribution in [0.25, 0.3) is 0 Å². The van der Waals surface area contributed by atoms with Crippen molar-refractivity contribution in [1.82, 2.24) is 9.47 Å². The quantitative estimate of drug-likeness (QED) is 0.586. The van der Waals surface area contributed by atoms with E-state index in [9.17, 15) is 14.4 Å². The van der Waals surface area contributed by atoms with Gasteiger partial charge in [0.15, 0.2) is 5.78 Å². The van der Waals surface area contributed by atoms with E-state index in [0.29, 0.717) is 16.8 Å². The van der Waals surface area contributed by atoms with Crippen LogP contribution in [-0.2, 0) is 16.6 Å². The maximum Gasteiger partial charge on any atom is 0.354 e. The van der Waals surface area contributed by atoms with Crippen LogP contribution in [0.15, 0.2) is 0 Å². The van der Waals surface area contributed by atoms with Gasteiger partial charge in [-0.1, -0.05) is 6.42 Å². The third kappa shape index (κ3) is 3.10. The predicted octanol–water partition coefficient (Wildman–Crippen LogP) is 2.40. The molecule has 1 aromatic heterocycles. The van der Waals surface area contributed by atoms with Crippen molar-refractivity contribution in [2.24, 2.45) is 13.0 Å². The number of carbonyl (C=O) groups is 3. The number of ketones is 1. The first-order valence-corrected chi connectivity index (χ1v) is 8.94. The average molecular weight is 346 g/mol. The lowest BCUT2D eigenvalue weighted by Crippen LogP contribution is -2.43. The Morgan fingerprint density at radius 2 is 1.80 bits per heavy atom. The van der Waals surface area contributed by atoms with E-state index in [4.69, 9.17) is 4.74 Å². The van der Waals surface area contributed by atoms with Crippen molar-refractivity contribution < 1.29 is 19.1 Å². The van der Waals surface area contributed by atoms with Crippen LogP contribution in [0, 0.1) is 19.8 Å². The summed E-state index contributed by atoms with van der Waals surface area (Å²) >= 11 is 0. The lowest BCUT2D eigenvalue weighted by atomic mass is 9.84. The molecule has 0 atom stereocenters. The van der Waals surface area contributed by atoms with Crippen molar-refractivity contribution in [1.29, 1.82) is 0 Å². The minimum atomic E-state index is -0.452. The lowest BCUT2D eigenvalue weighted by molar-refractivity contribution is -0.138. The van der Waals surface area contributed by atoms with Crippen molar-refractivity contribution in [2.45, 2.75) is 52.0 Å². The molecular weight excluding hydrogens is 320 g/mol. The number of ether oxygens (including phenoxy) is 1. The number of hydrogen-bond acceptors (Lipinski definition) is 4. The summed E-state index contributed by atoms with van der Waals surface area (Å²) < 4.78 is 6.53. The Hall–Kier alpha value is -2.11. The lowest BCUT2D eigenvalue weighted by Gasteiger charge is -2.31. The zero-order valence-corrected chi connectivity index (χ0v) is 15.4. The Morgan fingerprint density at radius 3 is 2.28 bits per heavy atom. The van der Waals surface area contributed by atoms with Gasteiger partial charge in [0.1, 0.15) is 5.69 Å². The molecule has 0 bridgehead atoms. The van der Waals surface area contributed by atoms with Crippen LogP contribution in [0.2, 0.25) is 0 Å². The number of amides is 1. The summed E-state index contributed by atoms with van der Waals surface area (Å²) in [7, 11) is 3.08. The SMILES string of the molecule is COC(=O)c1c(C)c(C(=O)CN(C(=O)C2CCC2)C2CC2)c(C)n1C. The van der Waals surface area contributed by atoms with Crippen molar-refractivity contribution >= 4 is 17.7 Å². The van der Waals surface area contributed by atoms with Crippen LogP contribution in [0.5, 0.6) is 0 Å². The van der Waals surface area contributed by atoms with E-state index >= 15 is 0 Å². The number of methoxy groups -OCH3 is 1. The van der Waals surface area contributed by atoms with Gasteiger partial charge in [0.05, 0.1) is 13.7 Å². The third-order valence-corrected chi connectivity index (χ3v) is 5.63. The number of carbonyl (C=O) groups excluding carboxylic acids is 3. The molecule has 0 saturated heterocycles. The van der Waals surface area contributed by atoms with Gasteiger partial charge in [0.2, 0.25) is 5.91 Å². The van der Waals surface area contributed by atoms with Crippen LogP contribution < -0.4 is 0 Å². The number of nitrogens with zero attached hydrogens (tertiary/aromatic N) is 2. The summed E-state index contributed by atoms with van der Waals surface area (Å²) in [6, 6.07) is 0.210. The maximum absolute atomic E-state index is 13.0. The summed E-state index contributed by atoms with van der Waals surface area (Å²) in [5, 5.41) is 0. The molecule has 6 heteroatoms. The van der Waals surface area contributed by atoms with Gasteiger partial charge in [-0.2, -0.15) is 0 Å². The molecule has 2 fully saturated rings. The highest BCUT2D eigenvalue weighted by atomic mass is 16.5. The smallest absolute Gasteiger partial charge is 0.354 e. The number of aromatic nitrogens is 1. The molecule has 1 aromatic rings. The van der Waals surface area contributed by atoms with Crippen molar-refractivity contribution in [2.75, 3.05) is 13.7 Å². The van der Waals surface area contributed by atoms with Gasteiger partial charge in [-0.3, -0.25) is 9.59 Å². The van der Waals surface area contributed by atoms with E-state index in [2.05, 4.69) is 0 Å². The second-order valence-electron chi connectivity index (χ2n) is 7.23. The Kier molecular flexibility index (Phi) is 4.71. The Bertz CT molecular complexity index is 726. The summed E-state index contributed by atoms with van der Waals surface area (Å²) in [5.41, 5.74) is 2.29. The van der Waals surface area contributed by atoms with Crippen molar-refractivity contribution in [3.05, 3.63) is 22.5 Å². The molecule has 0 spiro atoms. The highest BCUT2D eigenvalue weighted by Gasteiger charge is 2.39. The van der Waals surface area contributed by atoms with Gasteiger partial charge >= 0.3 is 5.97 Å². The van der Waals surface area contributed by atoms with Crippen molar-refractivity contribution in [3.63, 3.8) is 0 Å². The standard InChI is InChI=1S/C19H26N2O4/c1-11-16(12(2)20(3)17(11)19(24)25-4)15(22)10-21(14-8-9-14)18(23)13-6-5-7-13/h13-14H,5-10H2,1-4H3. The van der Waals surface area contributed by atoms with Gasteiger partial charge in [-0.25, -0.2) is 4.79 Å². The molecule has 25 heavy (non-hydrogen) atoms. The fourth-order valence-corrected chi connectivity index (χ4v) is 3.67. The van der Waals surface area contributed by atoms with Crippen LogP contribution >= 0.6 is 0 Å². The fraction of sp³-hybridized carbons (Fsp3) is 0.632. The Morgan fingerprint density at radius 1 is 1.16 bits per heavy atom. The van der Waals surface area contributed by atoms with Crippen molar-refractivity contribution in [3.8, 4) is 0 Å². The molecule has 6 nitrogen and oxygen atoms in total. The highest BCUT2D eigenvalue weighted by Crippen LogP contribution is 2.34. The minimum absolute atomic E-state index is 0.0944. The molecule has 1 heterocycles. The van der Waals surface area contributed by atoms with Gasteiger partial charge in [0.25, 0.3) is 0 Å². The van der Waals surface area contributed by atoms with Crippen LogP contribution in [0.4, 0.5) is 0 Å². The molecule has 136 valence electrons. The normalized spacial score (nSPS) is 17.1. The van der Waals surface area contributed by atoms with E-state index in [1.165, 1.54) is 7.11 Å². The maximum atomic E-state index is 13.0. The number of hydrogen-bond donors (Lipinski definition) is 0. The van der Waals surface area contributed by atoms with Crippen LogP contribution in [0.3, 0.4) is 0 Å². The number of rotatable bonds is 6. The summed E-state index contributed by atoms with van der Waals surface area (Å²) in [6.45, 7) is 3.69. The summed E-state index contributed by atoms with van der Waals surface area (Å²) in [6.07, 6.45) is 4.93. The molecule has 0 aliphatic heterocycles. The summed E-state index contributed by atoms with van der Waals surface area (Å²) in [5.74, 6) is -0.328. The van der Waals surface area contributed by atoms with Gasteiger partial charge < -0.3 is 14.2 Å². The zero-order valence-electron chi connectivity index (χ0n) is 15.4. The molecule has 0 unspecified atom stereocenters. The van der Waals surface area contributed by atoms with E-state index in [1.807, 2.05) is 6.92 Å². The first kappa shape index (κ1) is 17.7. The number of esters is 1. The molecule has 0 radical (unpaired) electrons. The van der Waals surface area contributed by atoms with Gasteiger partial charge in [-0.15, -0.1) is 0 Å². The molecule has 2 saturated carbocycles. The second-order valence-corrected chi connectivity index (χ2v) is 7.23. The monoisotopic (exact) mass is 346 g/mol. The third-order valence-electron chi connectivity index (χ3n) is 5.63. The van der Waals surface area contributed by atoms with Crippen LogP contribution in [-0.4, -0.2) is 46.8 Å². The predicted molar refractivity (Wildman–Crippen MR) is 92.6 cm³/mol. The van der Waals surface area contributed by atoms with Gasteiger partial charge in [-0.05, 0) is 45.1 Å². The van der Waals surface area contributed by atoms with E-state index in [0.717, 1.165) is 37.8 Å². The van der Waals surface area contributed by atoms with E-state index in [1.54, 1.807) is 23.4 Å². The van der Waals surface area contributed by atoms with Gasteiger partial charge in [0, 0.05) is 30.3 Å². The summed E-state index contributed by atoms with van der Waals surface area (Å²) in [4.78, 5) is 39.4. The second kappa shape index (κ2) is 6.65. The largest absolute Gasteiger partial charge is 0.464 e. The Labute approximate surface area is 148 Å². The number of Topliss-reactive ketones (excluding diaryl/α,β-unsaturated/α-hetero) is 1. The van der Waals surface area contributed by atoms with E-state index < -0.39 is 5.97 Å². The molecule has 0 N–H and O–H groups in total. The zero-order chi connectivity index (χ0) is 18.3. The van der Waals surface area contributed by atoms with Crippen LogP contribution in [0.1, 0.15) is 64.2 Å². The fourth-order valence-electron chi connectivity index (χ4n) is 3.67. The molecule has 3 rings (SSSR count). The first-order valence-electron chi connectivity index (χ1n) is 8.94.